The molecule has 0 aliphatic carbocycles. The van der Waals surface area contributed by atoms with Crippen molar-refractivity contribution >= 4 is 11.8 Å². The van der Waals surface area contributed by atoms with Crippen LogP contribution in [0.25, 0.3) is 4.85 Å². The highest BCUT2D eigenvalue weighted by molar-refractivity contribution is 5.84. The molecular weight excluding hydrogens is 308 g/mol. The first kappa shape index (κ1) is 18.0. The second-order valence-electron chi connectivity index (χ2n) is 6.89. The molecule has 7 nitrogen and oxygen atoms in total. The number of pyridine rings is 1. The van der Waals surface area contributed by atoms with Crippen LogP contribution in [0.5, 0.6) is 0 Å². The maximum Gasteiger partial charge on any atom is 0.412 e. The number of likely N-dealkylation sites (tertiary alicyclic amines) is 1. The molecule has 1 aromatic heterocycles. The molecule has 2 rings (SSSR count). The number of nitrogens with one attached hydrogen (secondary N) is 1. The lowest BCUT2D eigenvalue weighted by Gasteiger charge is -2.20. The van der Waals surface area contributed by atoms with Crippen molar-refractivity contribution in [3.8, 4) is 0 Å². The second-order valence-corrected chi connectivity index (χ2v) is 6.89. The molecule has 0 spiro atoms. The number of ether oxygens (including phenoxy) is 1. The molecule has 24 heavy (non-hydrogen) atoms. The van der Waals surface area contributed by atoms with Gasteiger partial charge in [-0.3, -0.25) is 15.0 Å². The van der Waals surface area contributed by atoms with E-state index in [1.165, 1.54) is 0 Å². The summed E-state index contributed by atoms with van der Waals surface area (Å²) in [5.41, 5.74) is -0.640. The SMILES string of the molecule is [C-]#[N+]CCN1CC[C@@H](n2cccc(NC(=O)OC(C)(C)C)c2=O)C1. The van der Waals surface area contributed by atoms with Crippen LogP contribution in [-0.2, 0) is 4.74 Å². The molecule has 0 aromatic carbocycles. The third-order valence-corrected chi connectivity index (χ3v) is 3.78. The molecule has 2 heterocycles. The van der Waals surface area contributed by atoms with E-state index in [1.54, 1.807) is 43.7 Å². The standard InChI is InChI=1S/C17H24N4O3/c1-17(2,3)24-16(23)19-14-6-5-9-21(15(14)22)13-7-10-20(12-13)11-8-18-4/h5-6,9,13H,7-8,10-12H2,1-3H3,(H,19,23)/t13-/m1/s1. The van der Waals surface area contributed by atoms with Crippen LogP contribution in [0.3, 0.4) is 0 Å². The van der Waals surface area contributed by atoms with Crippen LogP contribution in [0.1, 0.15) is 33.2 Å². The molecule has 1 saturated heterocycles. The Labute approximate surface area is 142 Å². The number of carbonyl (C=O) groups excluding carboxylic acids is 1. The molecule has 1 fully saturated rings. The maximum absolute atomic E-state index is 12.6. The largest absolute Gasteiger partial charge is 0.444 e. The van der Waals surface area contributed by atoms with Crippen LogP contribution < -0.4 is 10.9 Å². The number of hydrogen-bond donors (Lipinski definition) is 1. The van der Waals surface area contributed by atoms with Gasteiger partial charge in [0, 0.05) is 19.3 Å². The summed E-state index contributed by atoms with van der Waals surface area (Å²) in [4.78, 5) is 30.0. The van der Waals surface area contributed by atoms with Crippen LogP contribution in [0.4, 0.5) is 10.5 Å². The molecule has 130 valence electrons. The number of rotatable bonds is 4. The minimum atomic E-state index is -0.637. The van der Waals surface area contributed by atoms with Crippen molar-refractivity contribution in [2.45, 2.75) is 38.8 Å². The zero-order valence-corrected chi connectivity index (χ0v) is 14.4. The van der Waals surface area contributed by atoms with Gasteiger partial charge in [0.2, 0.25) is 6.54 Å². The molecule has 0 bridgehead atoms. The Morgan fingerprint density at radius 3 is 2.92 bits per heavy atom. The Balaban J connectivity index is 2.07. The predicted octanol–water partition coefficient (Wildman–Crippen LogP) is 2.36. The van der Waals surface area contributed by atoms with Crippen LogP contribution >= 0.6 is 0 Å². The second kappa shape index (κ2) is 7.49. The fraction of sp³-hybridized carbons (Fsp3) is 0.588. The van der Waals surface area contributed by atoms with E-state index < -0.39 is 11.7 Å². The molecule has 7 heteroatoms. The summed E-state index contributed by atoms with van der Waals surface area (Å²) in [5, 5.41) is 2.53. The van der Waals surface area contributed by atoms with E-state index in [9.17, 15) is 9.59 Å². The van der Waals surface area contributed by atoms with Gasteiger partial charge in [-0.15, -0.1) is 0 Å². The molecule has 0 radical (unpaired) electrons. The summed E-state index contributed by atoms with van der Waals surface area (Å²) in [5.74, 6) is 0. The van der Waals surface area contributed by atoms with Crippen LogP contribution in [0, 0.1) is 6.57 Å². The van der Waals surface area contributed by atoms with Crippen LogP contribution in [0.15, 0.2) is 23.1 Å². The highest BCUT2D eigenvalue weighted by atomic mass is 16.6. The lowest BCUT2D eigenvalue weighted by Crippen LogP contribution is -2.32. The predicted molar refractivity (Wildman–Crippen MR) is 92.1 cm³/mol. The quantitative estimate of drug-likeness (QED) is 0.860. The molecule has 1 amide bonds. The highest BCUT2D eigenvalue weighted by Crippen LogP contribution is 2.20. The van der Waals surface area contributed by atoms with Gasteiger partial charge >= 0.3 is 6.09 Å². The van der Waals surface area contributed by atoms with E-state index in [1.807, 2.05) is 0 Å². The van der Waals surface area contributed by atoms with Crippen molar-refractivity contribution in [1.29, 1.82) is 0 Å². The van der Waals surface area contributed by atoms with E-state index in [0.717, 1.165) is 26.1 Å². The smallest absolute Gasteiger partial charge is 0.412 e. The fourth-order valence-electron chi connectivity index (χ4n) is 2.74. The van der Waals surface area contributed by atoms with Gasteiger partial charge in [-0.25, -0.2) is 11.4 Å². The summed E-state index contributed by atoms with van der Waals surface area (Å²) in [6.07, 6.45) is 1.96. The third-order valence-electron chi connectivity index (χ3n) is 3.78. The normalized spacial score (nSPS) is 18.2. The first-order valence-corrected chi connectivity index (χ1v) is 8.07. The zero-order valence-electron chi connectivity index (χ0n) is 14.4. The van der Waals surface area contributed by atoms with Crippen LogP contribution in [-0.4, -0.2) is 47.3 Å². The van der Waals surface area contributed by atoms with Gasteiger partial charge in [0.1, 0.15) is 11.3 Å². The van der Waals surface area contributed by atoms with E-state index >= 15 is 0 Å². The summed E-state index contributed by atoms with van der Waals surface area (Å²) in [6.45, 7) is 15.0. The van der Waals surface area contributed by atoms with E-state index in [4.69, 9.17) is 11.3 Å². The fourth-order valence-corrected chi connectivity index (χ4v) is 2.74. The van der Waals surface area contributed by atoms with Crippen molar-refractivity contribution < 1.29 is 9.53 Å². The monoisotopic (exact) mass is 332 g/mol. The van der Waals surface area contributed by atoms with Gasteiger partial charge in [0.15, 0.2) is 0 Å². The van der Waals surface area contributed by atoms with E-state index in [0.29, 0.717) is 6.54 Å². The number of aromatic nitrogens is 1. The van der Waals surface area contributed by atoms with Crippen molar-refractivity contribution in [1.82, 2.24) is 9.47 Å². The van der Waals surface area contributed by atoms with Gasteiger partial charge in [-0.05, 0) is 39.3 Å². The molecule has 1 aliphatic heterocycles. The van der Waals surface area contributed by atoms with Crippen molar-refractivity contribution in [3.05, 3.63) is 40.1 Å². The van der Waals surface area contributed by atoms with Gasteiger partial charge in [0.05, 0.1) is 12.6 Å². The van der Waals surface area contributed by atoms with Gasteiger partial charge in [-0.1, -0.05) is 0 Å². The lowest BCUT2D eigenvalue weighted by molar-refractivity contribution is 0.0635. The Kier molecular flexibility index (Phi) is 5.62. The summed E-state index contributed by atoms with van der Waals surface area (Å²) in [6, 6.07) is 3.38. The van der Waals surface area contributed by atoms with Gasteiger partial charge < -0.3 is 14.1 Å². The Hall–Kier alpha value is -2.33. The highest BCUT2D eigenvalue weighted by Gasteiger charge is 2.25. The van der Waals surface area contributed by atoms with E-state index in [-0.39, 0.29) is 17.3 Å². The number of amides is 1. The van der Waals surface area contributed by atoms with Crippen molar-refractivity contribution in [2.75, 3.05) is 31.5 Å². The number of carbonyl (C=O) groups is 1. The number of nitrogens with zero attached hydrogens (tertiary/aromatic N) is 3. The van der Waals surface area contributed by atoms with Crippen LogP contribution in [0.2, 0.25) is 0 Å². The Bertz CT molecular complexity index is 684. The minimum absolute atomic E-state index is 0.0589. The maximum atomic E-state index is 12.6. The average Bonchev–Trinajstić information content (AvgIpc) is 2.94. The molecule has 1 atom stereocenters. The van der Waals surface area contributed by atoms with Crippen molar-refractivity contribution in [3.63, 3.8) is 0 Å². The zero-order chi connectivity index (χ0) is 17.7. The molecule has 0 unspecified atom stereocenters. The molecule has 0 saturated carbocycles. The summed E-state index contributed by atoms with van der Waals surface area (Å²) >= 11 is 0. The topological polar surface area (TPSA) is 67.9 Å². The minimum Gasteiger partial charge on any atom is -0.444 e. The van der Waals surface area contributed by atoms with E-state index in [2.05, 4.69) is 15.1 Å². The molecule has 1 aliphatic rings. The lowest BCUT2D eigenvalue weighted by atomic mass is 10.2. The van der Waals surface area contributed by atoms with Gasteiger partial charge in [-0.2, -0.15) is 0 Å². The molecular formula is C17H24N4O3. The summed E-state index contributed by atoms with van der Waals surface area (Å²) in [7, 11) is 0. The average molecular weight is 332 g/mol. The Morgan fingerprint density at radius 1 is 1.50 bits per heavy atom. The van der Waals surface area contributed by atoms with Gasteiger partial charge in [0.25, 0.3) is 5.56 Å². The van der Waals surface area contributed by atoms with Crippen molar-refractivity contribution in [2.24, 2.45) is 0 Å². The Morgan fingerprint density at radius 2 is 2.25 bits per heavy atom. The summed E-state index contributed by atoms with van der Waals surface area (Å²) < 4.78 is 6.85. The number of hydrogen-bond acceptors (Lipinski definition) is 4. The first-order valence-electron chi connectivity index (χ1n) is 8.07. The molecule has 1 aromatic rings. The first-order chi connectivity index (χ1) is 11.3. The number of anilines is 1. The molecule has 1 N–H and O–H groups in total. The third kappa shape index (κ3) is 4.83.